The molecular formula is C11H16O3. The van der Waals surface area contributed by atoms with Crippen LogP contribution in [0.1, 0.15) is 19.4 Å². The molecule has 0 radical (unpaired) electrons. The van der Waals surface area contributed by atoms with Gasteiger partial charge in [-0.2, -0.15) is 0 Å². The summed E-state index contributed by atoms with van der Waals surface area (Å²) in [6.07, 6.45) is 0. The van der Waals surface area contributed by atoms with E-state index in [0.717, 1.165) is 0 Å². The van der Waals surface area contributed by atoms with Crippen molar-refractivity contribution >= 4 is 12.3 Å². The second-order valence-electron chi connectivity index (χ2n) is 2.67. The standard InChI is InChI=1S/C7H8.C3H6O.CH2O2/c1-7-5-3-2-4-6-7;1-3(2)4;2-1-3/h2-6H,1H3;1-2H3;1H,(H,2,3). The largest absolute Gasteiger partial charge is 0.483 e. The van der Waals surface area contributed by atoms with E-state index in [2.05, 4.69) is 19.1 Å². The van der Waals surface area contributed by atoms with E-state index in [1.54, 1.807) is 0 Å². The monoisotopic (exact) mass is 196 g/mol. The highest BCUT2D eigenvalue weighted by molar-refractivity contribution is 5.72. The van der Waals surface area contributed by atoms with Crippen molar-refractivity contribution in [2.45, 2.75) is 20.8 Å². The average Bonchev–Trinajstić information content (AvgIpc) is 2.05. The fourth-order valence-corrected chi connectivity index (χ4v) is 0.534. The van der Waals surface area contributed by atoms with Gasteiger partial charge < -0.3 is 9.90 Å². The zero-order chi connectivity index (χ0) is 11.4. The molecule has 0 spiro atoms. The van der Waals surface area contributed by atoms with Gasteiger partial charge in [0.25, 0.3) is 6.47 Å². The summed E-state index contributed by atoms with van der Waals surface area (Å²) in [4.78, 5) is 17.8. The van der Waals surface area contributed by atoms with Gasteiger partial charge in [-0.25, -0.2) is 0 Å². The summed E-state index contributed by atoms with van der Waals surface area (Å²) in [6, 6.07) is 10.3. The van der Waals surface area contributed by atoms with Gasteiger partial charge in [0.2, 0.25) is 0 Å². The van der Waals surface area contributed by atoms with Crippen LogP contribution in [0.25, 0.3) is 0 Å². The Balaban J connectivity index is 0. The summed E-state index contributed by atoms with van der Waals surface area (Å²) < 4.78 is 0. The molecular weight excluding hydrogens is 180 g/mol. The van der Waals surface area contributed by atoms with Crippen LogP contribution in [-0.2, 0) is 9.59 Å². The van der Waals surface area contributed by atoms with Crippen LogP contribution in [0.15, 0.2) is 30.3 Å². The lowest BCUT2D eigenvalue weighted by Crippen LogP contribution is -1.69. The van der Waals surface area contributed by atoms with Gasteiger partial charge in [-0.15, -0.1) is 0 Å². The Labute approximate surface area is 84.4 Å². The number of carbonyl (C=O) groups excluding carboxylic acids is 1. The molecule has 0 heterocycles. The van der Waals surface area contributed by atoms with E-state index >= 15 is 0 Å². The summed E-state index contributed by atoms with van der Waals surface area (Å²) >= 11 is 0. The number of aryl methyl sites for hydroxylation is 1. The molecule has 0 aromatic heterocycles. The van der Waals surface area contributed by atoms with Crippen molar-refractivity contribution in [3.8, 4) is 0 Å². The minimum absolute atomic E-state index is 0.167. The maximum Gasteiger partial charge on any atom is 0.290 e. The Hall–Kier alpha value is -1.64. The second kappa shape index (κ2) is 11.4. The van der Waals surface area contributed by atoms with Crippen LogP contribution in [0, 0.1) is 6.92 Å². The van der Waals surface area contributed by atoms with Crippen molar-refractivity contribution in [2.24, 2.45) is 0 Å². The number of hydrogen-bond donors (Lipinski definition) is 1. The Kier molecular flexibility index (Phi) is 12.1. The van der Waals surface area contributed by atoms with Crippen LogP contribution in [0.2, 0.25) is 0 Å². The first-order valence-electron chi connectivity index (χ1n) is 4.11. The van der Waals surface area contributed by atoms with Gasteiger partial charge in [0.15, 0.2) is 0 Å². The average molecular weight is 196 g/mol. The third-order valence-electron chi connectivity index (χ3n) is 0.940. The van der Waals surface area contributed by atoms with Crippen molar-refractivity contribution in [1.82, 2.24) is 0 Å². The van der Waals surface area contributed by atoms with E-state index in [9.17, 15) is 4.79 Å². The minimum Gasteiger partial charge on any atom is -0.483 e. The molecule has 3 nitrogen and oxygen atoms in total. The highest BCUT2D eigenvalue weighted by Crippen LogP contribution is 1.92. The summed E-state index contributed by atoms with van der Waals surface area (Å²) in [5.41, 5.74) is 1.32. The zero-order valence-electron chi connectivity index (χ0n) is 8.73. The van der Waals surface area contributed by atoms with Gasteiger partial charge in [-0.3, -0.25) is 4.79 Å². The number of ketones is 1. The number of Topliss-reactive ketones (excluding diaryl/α,β-unsaturated/α-hetero) is 1. The van der Waals surface area contributed by atoms with Crippen molar-refractivity contribution < 1.29 is 14.7 Å². The Bertz CT molecular complexity index is 238. The van der Waals surface area contributed by atoms with Crippen molar-refractivity contribution in [2.75, 3.05) is 0 Å². The van der Waals surface area contributed by atoms with Gasteiger partial charge in [-0.1, -0.05) is 35.9 Å². The van der Waals surface area contributed by atoms with Crippen LogP contribution in [0.4, 0.5) is 0 Å². The second-order valence-corrected chi connectivity index (χ2v) is 2.67. The minimum atomic E-state index is -0.250. The number of carboxylic acid groups (broad SMARTS) is 1. The molecule has 0 bridgehead atoms. The van der Waals surface area contributed by atoms with Gasteiger partial charge in [0.05, 0.1) is 0 Å². The molecule has 78 valence electrons. The van der Waals surface area contributed by atoms with E-state index in [1.165, 1.54) is 19.4 Å². The van der Waals surface area contributed by atoms with Gasteiger partial charge in [-0.05, 0) is 20.8 Å². The van der Waals surface area contributed by atoms with E-state index < -0.39 is 0 Å². The SMILES string of the molecule is CC(C)=O.Cc1ccccc1.O=CO. The Morgan fingerprint density at radius 1 is 1.21 bits per heavy atom. The summed E-state index contributed by atoms with van der Waals surface area (Å²) in [6.45, 7) is 4.89. The smallest absolute Gasteiger partial charge is 0.290 e. The van der Waals surface area contributed by atoms with Crippen LogP contribution >= 0.6 is 0 Å². The molecule has 1 N–H and O–H groups in total. The van der Waals surface area contributed by atoms with Gasteiger partial charge in [0, 0.05) is 0 Å². The lowest BCUT2D eigenvalue weighted by molar-refractivity contribution is -0.123. The summed E-state index contributed by atoms with van der Waals surface area (Å²) in [5, 5.41) is 6.89. The molecule has 1 rings (SSSR count). The number of carbonyl (C=O) groups is 2. The fraction of sp³-hybridized carbons (Fsp3) is 0.273. The highest BCUT2D eigenvalue weighted by Gasteiger charge is 1.72. The molecule has 3 heteroatoms. The predicted molar refractivity (Wildman–Crippen MR) is 56.2 cm³/mol. The van der Waals surface area contributed by atoms with Crippen LogP contribution in [0.3, 0.4) is 0 Å². The first-order chi connectivity index (χ1) is 6.54. The van der Waals surface area contributed by atoms with Crippen molar-refractivity contribution in [3.05, 3.63) is 35.9 Å². The molecule has 0 saturated carbocycles. The Morgan fingerprint density at radius 2 is 1.50 bits per heavy atom. The van der Waals surface area contributed by atoms with Crippen LogP contribution < -0.4 is 0 Å². The van der Waals surface area contributed by atoms with Crippen LogP contribution in [-0.4, -0.2) is 17.4 Å². The fourth-order valence-electron chi connectivity index (χ4n) is 0.534. The predicted octanol–water partition coefficient (Wildman–Crippen LogP) is 2.29. The Morgan fingerprint density at radius 3 is 1.64 bits per heavy atom. The number of rotatable bonds is 0. The maximum atomic E-state index is 9.44. The molecule has 0 aliphatic heterocycles. The number of benzene rings is 1. The lowest BCUT2D eigenvalue weighted by atomic mass is 10.2. The van der Waals surface area contributed by atoms with E-state index in [0.29, 0.717) is 0 Å². The molecule has 0 unspecified atom stereocenters. The molecule has 0 saturated heterocycles. The van der Waals surface area contributed by atoms with Gasteiger partial charge in [0.1, 0.15) is 5.78 Å². The summed E-state index contributed by atoms with van der Waals surface area (Å²) in [5.74, 6) is 0.167. The molecule has 1 aromatic carbocycles. The number of hydrogen-bond acceptors (Lipinski definition) is 2. The third kappa shape index (κ3) is 22.4. The highest BCUT2D eigenvalue weighted by atomic mass is 16.3. The topological polar surface area (TPSA) is 54.4 Å². The molecule has 1 aromatic rings. The molecule has 0 aliphatic carbocycles. The molecule has 0 atom stereocenters. The molecule has 14 heavy (non-hydrogen) atoms. The van der Waals surface area contributed by atoms with E-state index in [-0.39, 0.29) is 12.3 Å². The van der Waals surface area contributed by atoms with E-state index in [1.807, 2.05) is 18.2 Å². The van der Waals surface area contributed by atoms with Gasteiger partial charge >= 0.3 is 0 Å². The normalized spacial score (nSPS) is 7.07. The lowest BCUT2D eigenvalue weighted by Gasteiger charge is -1.82. The first-order valence-corrected chi connectivity index (χ1v) is 4.11. The van der Waals surface area contributed by atoms with Crippen molar-refractivity contribution in [3.63, 3.8) is 0 Å². The summed E-state index contributed by atoms with van der Waals surface area (Å²) in [7, 11) is 0. The third-order valence-corrected chi connectivity index (χ3v) is 0.940. The van der Waals surface area contributed by atoms with Crippen molar-refractivity contribution in [1.29, 1.82) is 0 Å². The quantitative estimate of drug-likeness (QED) is 0.648. The first kappa shape index (κ1) is 14.9. The maximum absolute atomic E-state index is 9.44. The molecule has 0 amide bonds. The van der Waals surface area contributed by atoms with E-state index in [4.69, 9.17) is 9.90 Å². The molecule has 0 aliphatic rings. The van der Waals surface area contributed by atoms with Crippen LogP contribution in [0.5, 0.6) is 0 Å². The zero-order valence-corrected chi connectivity index (χ0v) is 8.73. The molecule has 0 fully saturated rings.